The van der Waals surface area contributed by atoms with Gasteiger partial charge in [-0.3, -0.25) is 0 Å². The van der Waals surface area contributed by atoms with Crippen molar-refractivity contribution >= 4 is 41.8 Å². The zero-order chi connectivity index (χ0) is 68.1. The van der Waals surface area contributed by atoms with Gasteiger partial charge in [0.1, 0.15) is 51.4 Å². The van der Waals surface area contributed by atoms with Crippen molar-refractivity contribution in [2.45, 2.75) is 57.7 Å². The third-order valence-electron chi connectivity index (χ3n) is 7.84. The van der Waals surface area contributed by atoms with E-state index in [0.717, 1.165) is 84.1 Å². The third kappa shape index (κ3) is 160. The Balaban J connectivity index is -0.0000000747. The lowest BCUT2D eigenvalue weighted by Gasteiger charge is -2.29. The second-order valence-electron chi connectivity index (χ2n) is 24.6. The molecule has 30 nitrogen and oxygen atoms in total. The molecule has 0 amide bonds. The SMILES string of the molecule is CC(=O)[O-].CCC(O)C(=O)[O-].C[N+](C)(C)CCO.C[N+](C)(C)CCO.C[N+](C)(C)CCO.C[N+](C)(C)CCO.C[N+](C)(C)CCO.C[N+](C)(C)CCO.C[N+](C)(C)CCO.O=C([O-])CC(O)(CC(=O)[O-])C(=O)[O-].O=C([O-])CCC(=O)[O-]. The lowest BCUT2D eigenvalue weighted by Crippen LogP contribution is -2.54. The number of aliphatic carboxylic acids is 7. The number of quaternary nitrogens is 7. The Kier molecular flexibility index (Phi) is 70.6. The number of aliphatic hydroxyl groups is 9. The van der Waals surface area contributed by atoms with Crippen molar-refractivity contribution in [3.05, 3.63) is 0 Å². The first-order chi connectivity index (χ1) is 35.7. The number of hydrogen-bond acceptors (Lipinski definition) is 23. The smallest absolute Gasteiger partial charge is 0.114 e. The van der Waals surface area contributed by atoms with Crippen molar-refractivity contribution in [2.24, 2.45) is 0 Å². The molecule has 0 saturated carbocycles. The molecule has 0 aliphatic rings. The number of carbonyl (C=O) groups is 7. The van der Waals surface area contributed by atoms with Gasteiger partial charge in [0.25, 0.3) is 0 Å². The molecule has 0 aromatic carbocycles. The van der Waals surface area contributed by atoms with Gasteiger partial charge in [-0.25, -0.2) is 0 Å². The first kappa shape index (κ1) is 102. The molecular weight excluding hydrogens is 1080 g/mol. The van der Waals surface area contributed by atoms with E-state index in [9.17, 15) is 59.4 Å². The van der Waals surface area contributed by atoms with E-state index in [0.29, 0.717) is 0 Å². The summed E-state index contributed by atoms with van der Waals surface area (Å²) in [5, 5.41) is 143. The minimum absolute atomic E-state index is 0.211. The number of aliphatic hydroxyl groups excluding tert-OH is 8. The van der Waals surface area contributed by atoms with Gasteiger partial charge in [-0.1, -0.05) is 6.92 Å². The van der Waals surface area contributed by atoms with Gasteiger partial charge < -0.3 is 147 Å². The molecule has 9 N–H and O–H groups in total. The highest BCUT2D eigenvalue weighted by Gasteiger charge is 2.29. The van der Waals surface area contributed by atoms with Gasteiger partial charge in [0.15, 0.2) is 0 Å². The van der Waals surface area contributed by atoms with E-state index in [2.05, 4.69) is 148 Å². The van der Waals surface area contributed by atoms with Crippen molar-refractivity contribution in [3.8, 4) is 0 Å². The zero-order valence-electron chi connectivity index (χ0n) is 53.9. The molecule has 0 aliphatic heterocycles. The van der Waals surface area contributed by atoms with Crippen LogP contribution in [-0.2, 0) is 33.6 Å². The molecule has 0 bridgehead atoms. The van der Waals surface area contributed by atoms with Crippen LogP contribution < -0.4 is 35.7 Å². The molecule has 1 unspecified atom stereocenters. The monoisotopic (exact) mass is 1200 g/mol. The highest BCUT2D eigenvalue weighted by Crippen LogP contribution is 2.13. The topological polar surface area (TPSA) is 463 Å². The third-order valence-corrected chi connectivity index (χ3v) is 7.84. The van der Waals surface area contributed by atoms with Crippen LogP contribution in [0, 0.1) is 0 Å². The first-order valence-electron chi connectivity index (χ1n) is 25.4. The zero-order valence-corrected chi connectivity index (χ0v) is 53.9. The average Bonchev–Trinajstić information content (AvgIpc) is 3.18. The largest absolute Gasteiger partial charge is 0.550 e. The molecule has 0 aromatic rings. The molecule has 30 heteroatoms. The molecule has 0 fully saturated rings. The highest BCUT2D eigenvalue weighted by molar-refractivity contribution is 5.86. The van der Waals surface area contributed by atoms with Crippen LogP contribution in [0.4, 0.5) is 0 Å². The number of likely N-dealkylation sites (N-methyl/N-ethyl adjacent to an activating group) is 7. The van der Waals surface area contributed by atoms with Gasteiger partial charge in [-0.2, -0.15) is 0 Å². The van der Waals surface area contributed by atoms with Crippen LogP contribution >= 0.6 is 0 Å². The van der Waals surface area contributed by atoms with Crippen molar-refractivity contribution in [1.29, 1.82) is 0 Å². The number of carbonyl (C=O) groups excluding carboxylic acids is 7. The van der Waals surface area contributed by atoms with Crippen molar-refractivity contribution in [2.75, 3.05) is 240 Å². The Morgan fingerprint density at radius 2 is 0.506 bits per heavy atom. The fourth-order valence-corrected chi connectivity index (χ4v) is 3.16. The number of rotatable bonds is 24. The van der Waals surface area contributed by atoms with Crippen molar-refractivity contribution in [3.63, 3.8) is 0 Å². The van der Waals surface area contributed by atoms with E-state index in [-0.39, 0.29) is 52.7 Å². The van der Waals surface area contributed by atoms with Gasteiger partial charge in [-0.15, -0.1) is 0 Å². The predicted molar refractivity (Wildman–Crippen MR) is 290 cm³/mol. The lowest BCUT2D eigenvalue weighted by molar-refractivity contribution is -0.870. The van der Waals surface area contributed by atoms with Crippen LogP contribution in [0.25, 0.3) is 0 Å². The lowest BCUT2D eigenvalue weighted by atomic mass is 9.96. The summed E-state index contributed by atoms with van der Waals surface area (Å²) in [5.41, 5.74) is -2.97. The van der Waals surface area contributed by atoms with Crippen molar-refractivity contribution < 1.29 is 147 Å². The Hall–Kier alpha value is -4.35. The second kappa shape index (κ2) is 56.1. The number of hydrogen-bond donors (Lipinski definition) is 9. The quantitative estimate of drug-likeness (QED) is 0.0405. The van der Waals surface area contributed by atoms with E-state index in [1.54, 1.807) is 6.92 Å². The molecule has 0 aromatic heterocycles. The second-order valence-corrected chi connectivity index (χ2v) is 24.6. The summed E-state index contributed by atoms with van der Waals surface area (Å²) in [4.78, 5) is 67.5. The Morgan fingerprint density at radius 3 is 0.543 bits per heavy atom. The number of carboxylic acid groups (broad SMARTS) is 7. The van der Waals surface area contributed by atoms with Gasteiger partial charge in [0.2, 0.25) is 0 Å². The summed E-state index contributed by atoms with van der Waals surface area (Å²) < 4.78 is 5.91. The molecule has 0 aliphatic carbocycles. The standard InChI is InChI=1S/C6H8O7.7C5H14NO.C4H6O4.C4H8O3.C2H4O2/c7-3(8)1-6(13,5(11)12)2-4(9)10;7*1-6(2,3)4-5-7;5-3(6)1-2-4(7)8;1-2-3(5)4(6)7;1-2(3)4/h13H,1-2H2,(H,7,8)(H,9,10)(H,11,12);7*7H,4-5H2,1-3H3;1-2H2,(H,5,6)(H,7,8);3,5H,2H2,1H3,(H,6,7);1H3,(H,3,4)/q;7*+1;;;/p-7. The summed E-state index contributed by atoms with van der Waals surface area (Å²) in [5.74, 6) is -11.2. The van der Waals surface area contributed by atoms with Gasteiger partial charge in [0, 0.05) is 42.7 Å². The molecule has 81 heavy (non-hydrogen) atoms. The Labute approximate surface area is 485 Å². The maximum atomic E-state index is 10.1. The van der Waals surface area contributed by atoms with Crippen molar-refractivity contribution in [1.82, 2.24) is 0 Å². The summed E-state index contributed by atoms with van der Waals surface area (Å²) in [6, 6.07) is 0. The van der Waals surface area contributed by atoms with E-state index >= 15 is 0 Å². The van der Waals surface area contributed by atoms with Crippen LogP contribution in [0.15, 0.2) is 0 Å². The van der Waals surface area contributed by atoms with Crippen LogP contribution in [0.5, 0.6) is 0 Å². The maximum Gasteiger partial charge on any atom is 0.114 e. The van der Waals surface area contributed by atoms with Gasteiger partial charge in [-0.05, 0) is 26.2 Å². The molecular formula is C51H117N7O23. The minimum atomic E-state index is -2.97. The summed E-state index contributed by atoms with van der Waals surface area (Å²) in [6.07, 6.45) is -4.74. The van der Waals surface area contributed by atoms with Gasteiger partial charge in [0.05, 0.1) is 212 Å². The number of nitrogens with zero attached hydrogens (tertiary/aromatic N) is 7. The summed E-state index contributed by atoms with van der Waals surface area (Å²) in [7, 11) is 43.1. The number of carboxylic acids is 7. The van der Waals surface area contributed by atoms with Crippen LogP contribution in [0.3, 0.4) is 0 Å². The molecule has 0 spiro atoms. The van der Waals surface area contributed by atoms with E-state index in [1.807, 2.05) is 0 Å². The highest BCUT2D eigenvalue weighted by atomic mass is 16.4. The maximum absolute atomic E-state index is 10.1. The summed E-state index contributed by atoms with van der Waals surface area (Å²) in [6.45, 7) is 10.3. The normalized spacial score (nSPS) is 11.3. The van der Waals surface area contributed by atoms with Crippen LogP contribution in [-0.4, -0.2) is 371 Å². The minimum Gasteiger partial charge on any atom is -0.550 e. The predicted octanol–water partition coefficient (Wildman–Crippen LogP) is -12.9. The molecule has 0 rings (SSSR count). The van der Waals surface area contributed by atoms with E-state index in [1.165, 1.54) is 0 Å². The van der Waals surface area contributed by atoms with Gasteiger partial charge >= 0.3 is 0 Å². The molecule has 494 valence electrons. The average molecular weight is 1200 g/mol. The van der Waals surface area contributed by atoms with E-state index < -0.39 is 79.2 Å². The molecule has 0 radical (unpaired) electrons. The van der Waals surface area contributed by atoms with Crippen LogP contribution in [0.1, 0.15) is 46.0 Å². The summed E-state index contributed by atoms with van der Waals surface area (Å²) >= 11 is 0. The Bertz CT molecular complexity index is 1340. The molecule has 1 atom stereocenters. The van der Waals surface area contributed by atoms with E-state index in [4.69, 9.17) is 55.9 Å². The fourth-order valence-electron chi connectivity index (χ4n) is 3.16. The Morgan fingerprint density at radius 1 is 0.358 bits per heavy atom. The first-order valence-corrected chi connectivity index (χ1v) is 25.4. The fraction of sp³-hybridized carbons (Fsp3) is 0.863. The molecule has 0 saturated heterocycles. The molecule has 0 heterocycles. The van der Waals surface area contributed by atoms with Crippen LogP contribution in [0.2, 0.25) is 0 Å².